The molecule has 0 unspecified atom stereocenters. The van der Waals surface area contributed by atoms with E-state index in [1.807, 2.05) is 7.05 Å². The summed E-state index contributed by atoms with van der Waals surface area (Å²) >= 11 is 0. The summed E-state index contributed by atoms with van der Waals surface area (Å²) in [5.41, 5.74) is 0. The summed E-state index contributed by atoms with van der Waals surface area (Å²) in [5, 5.41) is 8.56. The van der Waals surface area contributed by atoms with E-state index in [1.165, 1.54) is 7.11 Å². The number of hydrogen-bond acceptors (Lipinski definition) is 5. The Morgan fingerprint density at radius 2 is 1.94 bits per heavy atom. The molecule has 6 heteroatoms. The number of rotatable bonds is 8. The Morgan fingerprint density at radius 1 is 1.29 bits per heavy atom. The third-order valence-corrected chi connectivity index (χ3v) is 2.50. The molecule has 100 valence electrons. The second-order valence-electron chi connectivity index (χ2n) is 3.84. The van der Waals surface area contributed by atoms with Crippen molar-refractivity contribution in [2.75, 3.05) is 27.7 Å². The lowest BCUT2D eigenvalue weighted by Crippen LogP contribution is -2.48. The van der Waals surface area contributed by atoms with E-state index in [0.717, 1.165) is 19.4 Å². The molecule has 6 nitrogen and oxygen atoms in total. The second kappa shape index (κ2) is 8.95. The summed E-state index contributed by atoms with van der Waals surface area (Å²) in [6, 6.07) is -0.900. The standard InChI is InChI=1S/C11H23N3O3/c1-8(11(16)17-4)14-10(15)9(13-3)6-5-7-12-2/h8-9,12-13H,5-7H2,1-4H3,(H,14,15)/t8-,9+/m1/s1. The summed E-state index contributed by atoms with van der Waals surface area (Å²) in [4.78, 5) is 22.9. The molecule has 0 heterocycles. The van der Waals surface area contributed by atoms with Gasteiger partial charge in [0.25, 0.3) is 0 Å². The molecule has 0 rings (SSSR count). The Bertz CT molecular complexity index is 246. The SMILES string of the molecule is CNCCC[C@H](NC)C(=O)N[C@H](C)C(=O)OC. The van der Waals surface area contributed by atoms with Crippen LogP contribution in [0.15, 0.2) is 0 Å². The lowest BCUT2D eigenvalue weighted by Gasteiger charge is -2.18. The smallest absolute Gasteiger partial charge is 0.328 e. The third-order valence-electron chi connectivity index (χ3n) is 2.50. The first-order valence-corrected chi connectivity index (χ1v) is 5.76. The van der Waals surface area contributed by atoms with E-state index in [-0.39, 0.29) is 11.9 Å². The maximum Gasteiger partial charge on any atom is 0.328 e. The minimum absolute atomic E-state index is 0.179. The van der Waals surface area contributed by atoms with Crippen molar-refractivity contribution in [2.45, 2.75) is 31.8 Å². The van der Waals surface area contributed by atoms with Crippen molar-refractivity contribution in [3.63, 3.8) is 0 Å². The van der Waals surface area contributed by atoms with E-state index >= 15 is 0 Å². The number of methoxy groups -OCH3 is 1. The summed E-state index contributed by atoms with van der Waals surface area (Å²) in [7, 11) is 4.90. The van der Waals surface area contributed by atoms with Crippen LogP contribution in [0.3, 0.4) is 0 Å². The molecule has 0 saturated carbocycles. The number of hydrogen-bond donors (Lipinski definition) is 3. The van der Waals surface area contributed by atoms with Crippen LogP contribution in [-0.2, 0) is 14.3 Å². The van der Waals surface area contributed by atoms with Crippen molar-refractivity contribution in [3.05, 3.63) is 0 Å². The monoisotopic (exact) mass is 245 g/mol. The summed E-state index contributed by atoms with van der Waals surface area (Å²) in [5.74, 6) is -0.620. The van der Waals surface area contributed by atoms with E-state index in [4.69, 9.17) is 0 Å². The third kappa shape index (κ3) is 6.23. The average molecular weight is 245 g/mol. The zero-order valence-electron chi connectivity index (χ0n) is 11.0. The molecule has 17 heavy (non-hydrogen) atoms. The van der Waals surface area contributed by atoms with E-state index in [0.29, 0.717) is 0 Å². The van der Waals surface area contributed by atoms with Gasteiger partial charge in [-0.05, 0) is 40.4 Å². The predicted octanol–water partition coefficient (Wildman–Crippen LogP) is -0.748. The van der Waals surface area contributed by atoms with Crippen LogP contribution < -0.4 is 16.0 Å². The summed E-state index contributed by atoms with van der Waals surface area (Å²) in [6.07, 6.45) is 1.61. The van der Waals surface area contributed by atoms with Crippen molar-refractivity contribution >= 4 is 11.9 Å². The molecule has 0 radical (unpaired) electrons. The fourth-order valence-corrected chi connectivity index (χ4v) is 1.44. The normalized spacial score (nSPS) is 13.9. The molecule has 0 aromatic rings. The van der Waals surface area contributed by atoms with E-state index in [2.05, 4.69) is 20.7 Å². The molecule has 0 spiro atoms. The zero-order chi connectivity index (χ0) is 13.3. The first kappa shape index (κ1) is 15.9. The first-order valence-electron chi connectivity index (χ1n) is 5.76. The highest BCUT2D eigenvalue weighted by Crippen LogP contribution is 1.97. The van der Waals surface area contributed by atoms with Crippen molar-refractivity contribution in [3.8, 4) is 0 Å². The number of nitrogens with one attached hydrogen (secondary N) is 3. The fourth-order valence-electron chi connectivity index (χ4n) is 1.44. The quantitative estimate of drug-likeness (QED) is 0.387. The van der Waals surface area contributed by atoms with Crippen molar-refractivity contribution in [2.24, 2.45) is 0 Å². The summed E-state index contributed by atoms with van der Waals surface area (Å²) in [6.45, 7) is 2.46. The minimum Gasteiger partial charge on any atom is -0.467 e. The molecule has 1 amide bonds. The topological polar surface area (TPSA) is 79.5 Å². The van der Waals surface area contributed by atoms with E-state index in [1.54, 1.807) is 14.0 Å². The van der Waals surface area contributed by atoms with Crippen molar-refractivity contribution in [1.29, 1.82) is 0 Å². The van der Waals surface area contributed by atoms with E-state index in [9.17, 15) is 9.59 Å². The highest BCUT2D eigenvalue weighted by Gasteiger charge is 2.21. The van der Waals surface area contributed by atoms with E-state index < -0.39 is 12.0 Å². The van der Waals surface area contributed by atoms with Gasteiger partial charge in [0.1, 0.15) is 6.04 Å². The lowest BCUT2D eigenvalue weighted by atomic mass is 10.1. The molecule has 0 bridgehead atoms. The molecule has 0 fully saturated rings. The molecular weight excluding hydrogens is 222 g/mol. The molecular formula is C11H23N3O3. The Balaban J connectivity index is 4.11. The molecule has 0 saturated heterocycles. The lowest BCUT2D eigenvalue weighted by molar-refractivity contribution is -0.144. The van der Waals surface area contributed by atoms with Gasteiger partial charge in [0, 0.05) is 0 Å². The highest BCUT2D eigenvalue weighted by atomic mass is 16.5. The maximum atomic E-state index is 11.8. The molecule has 2 atom stereocenters. The number of carbonyl (C=O) groups is 2. The molecule has 0 aliphatic heterocycles. The van der Waals surface area contributed by atoms with Gasteiger partial charge >= 0.3 is 5.97 Å². The van der Waals surface area contributed by atoms with Gasteiger partial charge in [-0.25, -0.2) is 4.79 Å². The van der Waals surface area contributed by atoms with Crippen LogP contribution >= 0.6 is 0 Å². The number of carbonyl (C=O) groups excluding carboxylic acids is 2. The average Bonchev–Trinajstić information content (AvgIpc) is 2.33. The molecule has 0 aliphatic carbocycles. The van der Waals surface area contributed by atoms with Crippen LogP contribution in [0.25, 0.3) is 0 Å². The molecule has 0 aromatic heterocycles. The number of esters is 1. The largest absolute Gasteiger partial charge is 0.467 e. The van der Waals surface area contributed by atoms with Gasteiger partial charge in [-0.1, -0.05) is 0 Å². The van der Waals surface area contributed by atoms with Crippen molar-refractivity contribution < 1.29 is 14.3 Å². The van der Waals surface area contributed by atoms with Crippen LogP contribution in [0, 0.1) is 0 Å². The van der Waals surface area contributed by atoms with Crippen molar-refractivity contribution in [1.82, 2.24) is 16.0 Å². The Hall–Kier alpha value is -1.14. The second-order valence-corrected chi connectivity index (χ2v) is 3.84. The maximum absolute atomic E-state index is 11.8. The van der Waals surface area contributed by atoms with Crippen LogP contribution in [0.2, 0.25) is 0 Å². The highest BCUT2D eigenvalue weighted by molar-refractivity contribution is 5.87. The van der Waals surface area contributed by atoms with Gasteiger partial charge in [0.15, 0.2) is 0 Å². The molecule has 0 aliphatic rings. The zero-order valence-corrected chi connectivity index (χ0v) is 11.0. The van der Waals surface area contributed by atoms with Gasteiger partial charge in [-0.3, -0.25) is 4.79 Å². The fraction of sp³-hybridized carbons (Fsp3) is 0.818. The molecule has 3 N–H and O–H groups in total. The Labute approximate surface area is 102 Å². The van der Waals surface area contributed by atoms with Gasteiger partial charge in [-0.15, -0.1) is 0 Å². The van der Waals surface area contributed by atoms with Crippen LogP contribution in [0.1, 0.15) is 19.8 Å². The molecule has 0 aromatic carbocycles. The minimum atomic E-state index is -0.618. The number of amides is 1. The first-order chi connectivity index (χ1) is 8.06. The van der Waals surface area contributed by atoms with Crippen LogP contribution in [0.4, 0.5) is 0 Å². The van der Waals surface area contributed by atoms with Gasteiger partial charge < -0.3 is 20.7 Å². The number of ether oxygens (including phenoxy) is 1. The number of likely N-dealkylation sites (N-methyl/N-ethyl adjacent to an activating group) is 1. The Kier molecular flexibility index (Phi) is 8.35. The van der Waals surface area contributed by atoms with Gasteiger partial charge in [0.2, 0.25) is 5.91 Å². The predicted molar refractivity (Wildman–Crippen MR) is 65.6 cm³/mol. The van der Waals surface area contributed by atoms with Gasteiger partial charge in [-0.2, -0.15) is 0 Å². The van der Waals surface area contributed by atoms with Gasteiger partial charge in [0.05, 0.1) is 13.2 Å². The summed E-state index contributed by atoms with van der Waals surface area (Å²) < 4.78 is 4.54. The Morgan fingerprint density at radius 3 is 2.41 bits per heavy atom. The van der Waals surface area contributed by atoms with Crippen LogP contribution in [0.5, 0.6) is 0 Å². The van der Waals surface area contributed by atoms with Crippen LogP contribution in [-0.4, -0.2) is 51.7 Å².